The van der Waals surface area contributed by atoms with Crippen LogP contribution in [0.25, 0.3) is 0 Å². The van der Waals surface area contributed by atoms with Crippen molar-refractivity contribution in [1.82, 2.24) is 0 Å². The van der Waals surface area contributed by atoms with Crippen LogP contribution in [-0.4, -0.2) is 23.9 Å². The molecule has 0 aromatic heterocycles. The maximum atomic E-state index is 11.0. The minimum atomic E-state index is -0.0268. The van der Waals surface area contributed by atoms with Gasteiger partial charge in [-0.05, 0) is 44.9 Å². The summed E-state index contributed by atoms with van der Waals surface area (Å²) in [5.74, 6) is -0.0268. The lowest BCUT2D eigenvalue weighted by Crippen LogP contribution is -2.09. The van der Waals surface area contributed by atoms with E-state index in [1.165, 1.54) is 37.8 Å². The number of nitrogens with zero attached hydrogens (tertiary/aromatic N) is 1. The summed E-state index contributed by atoms with van der Waals surface area (Å²) in [5, 5.41) is 4.25. The van der Waals surface area contributed by atoms with Crippen LogP contribution in [0.3, 0.4) is 0 Å². The minimum absolute atomic E-state index is 0.0268. The number of unbranched alkanes of at least 4 members (excludes halogenated alkanes) is 5. The van der Waals surface area contributed by atoms with Crippen LogP contribution in [0.5, 0.6) is 0 Å². The van der Waals surface area contributed by atoms with Crippen molar-refractivity contribution in [3.05, 3.63) is 0 Å². The second-order valence-corrected chi connectivity index (χ2v) is 6.69. The molecule has 2 heterocycles. The molecule has 0 aliphatic carbocycles. The summed E-state index contributed by atoms with van der Waals surface area (Å²) in [6.07, 6.45) is 15.0. The minimum Gasteiger partial charge on any atom is -0.462 e. The van der Waals surface area contributed by atoms with Crippen LogP contribution in [-0.2, 0) is 14.4 Å². The van der Waals surface area contributed by atoms with Crippen LogP contribution in [0.15, 0.2) is 5.16 Å². The van der Waals surface area contributed by atoms with Gasteiger partial charge in [0.1, 0.15) is 12.2 Å². The fourth-order valence-electron chi connectivity index (χ4n) is 3.25. The smallest absolute Gasteiger partial charge is 0.306 e. The van der Waals surface area contributed by atoms with E-state index in [-0.39, 0.29) is 18.2 Å². The van der Waals surface area contributed by atoms with Gasteiger partial charge in [0.15, 0.2) is 0 Å². The average Bonchev–Trinajstić information content (AvgIpc) is 3.13. The molecule has 4 nitrogen and oxygen atoms in total. The standard InChI is InChI=1S/C18H31NO3/c1-2-3-4-5-6-9-15-14-17(22-19-15)11-8-7-10-16-12-13-18(20)21-16/h16-17H,2-14H2,1H3. The van der Waals surface area contributed by atoms with Crippen molar-refractivity contribution in [2.45, 2.75) is 103 Å². The summed E-state index contributed by atoms with van der Waals surface area (Å²) in [6, 6.07) is 0. The lowest BCUT2D eigenvalue weighted by molar-refractivity contribution is -0.141. The normalized spacial score (nSPS) is 24.2. The topological polar surface area (TPSA) is 47.9 Å². The molecule has 2 aliphatic rings. The SMILES string of the molecule is CCCCCCCC1=NOC(CCCCC2CCC(=O)O2)C1. The van der Waals surface area contributed by atoms with Crippen molar-refractivity contribution in [3.63, 3.8) is 0 Å². The molecule has 0 N–H and O–H groups in total. The van der Waals surface area contributed by atoms with Crippen LogP contribution >= 0.6 is 0 Å². The van der Waals surface area contributed by atoms with Crippen LogP contribution < -0.4 is 0 Å². The van der Waals surface area contributed by atoms with E-state index < -0.39 is 0 Å². The van der Waals surface area contributed by atoms with E-state index in [0.717, 1.165) is 44.9 Å². The number of cyclic esters (lactones) is 1. The van der Waals surface area contributed by atoms with E-state index in [9.17, 15) is 4.79 Å². The summed E-state index contributed by atoms with van der Waals surface area (Å²) in [7, 11) is 0. The van der Waals surface area contributed by atoms with Crippen molar-refractivity contribution in [1.29, 1.82) is 0 Å². The van der Waals surface area contributed by atoms with Crippen molar-refractivity contribution in [3.8, 4) is 0 Å². The first-order valence-electron chi connectivity index (χ1n) is 9.19. The number of hydrogen-bond acceptors (Lipinski definition) is 4. The van der Waals surface area contributed by atoms with Gasteiger partial charge in [0.2, 0.25) is 0 Å². The van der Waals surface area contributed by atoms with E-state index >= 15 is 0 Å². The number of carbonyl (C=O) groups excluding carboxylic acids is 1. The summed E-state index contributed by atoms with van der Waals surface area (Å²) >= 11 is 0. The monoisotopic (exact) mass is 309 g/mol. The summed E-state index contributed by atoms with van der Waals surface area (Å²) in [6.45, 7) is 2.25. The van der Waals surface area contributed by atoms with Gasteiger partial charge in [0.25, 0.3) is 0 Å². The zero-order chi connectivity index (χ0) is 15.6. The second kappa shape index (κ2) is 9.86. The molecule has 0 saturated carbocycles. The van der Waals surface area contributed by atoms with E-state index in [2.05, 4.69) is 12.1 Å². The highest BCUT2D eigenvalue weighted by Crippen LogP contribution is 2.23. The third-order valence-corrected chi connectivity index (χ3v) is 4.63. The van der Waals surface area contributed by atoms with Crippen LogP contribution in [0.4, 0.5) is 0 Å². The highest BCUT2D eigenvalue weighted by Gasteiger charge is 2.23. The van der Waals surface area contributed by atoms with Crippen molar-refractivity contribution >= 4 is 11.7 Å². The largest absolute Gasteiger partial charge is 0.462 e. The Morgan fingerprint density at radius 3 is 2.55 bits per heavy atom. The lowest BCUT2D eigenvalue weighted by Gasteiger charge is -2.10. The fraction of sp³-hybridized carbons (Fsp3) is 0.889. The highest BCUT2D eigenvalue weighted by atomic mass is 16.6. The molecule has 126 valence electrons. The molecule has 2 aliphatic heterocycles. The molecule has 0 aromatic carbocycles. The third kappa shape index (κ3) is 6.37. The Balaban J connectivity index is 1.44. The lowest BCUT2D eigenvalue weighted by atomic mass is 10.0. The fourth-order valence-corrected chi connectivity index (χ4v) is 3.25. The quantitative estimate of drug-likeness (QED) is 0.408. The number of carbonyl (C=O) groups is 1. The third-order valence-electron chi connectivity index (χ3n) is 4.63. The Kier molecular flexibility index (Phi) is 7.75. The van der Waals surface area contributed by atoms with Gasteiger partial charge < -0.3 is 9.57 Å². The molecule has 0 spiro atoms. The molecule has 4 heteroatoms. The van der Waals surface area contributed by atoms with E-state index in [1.54, 1.807) is 0 Å². The van der Waals surface area contributed by atoms with Gasteiger partial charge in [-0.2, -0.15) is 0 Å². The van der Waals surface area contributed by atoms with Gasteiger partial charge in [-0.1, -0.05) is 37.8 Å². The number of esters is 1. The Morgan fingerprint density at radius 2 is 1.82 bits per heavy atom. The molecular formula is C18H31NO3. The summed E-state index contributed by atoms with van der Waals surface area (Å²) < 4.78 is 5.23. The summed E-state index contributed by atoms with van der Waals surface area (Å²) in [4.78, 5) is 16.6. The number of oxime groups is 1. The van der Waals surface area contributed by atoms with Crippen LogP contribution in [0.2, 0.25) is 0 Å². The Bertz CT molecular complexity index is 367. The van der Waals surface area contributed by atoms with Crippen molar-refractivity contribution < 1.29 is 14.4 Å². The maximum Gasteiger partial charge on any atom is 0.306 e. The van der Waals surface area contributed by atoms with Gasteiger partial charge in [-0.15, -0.1) is 0 Å². The van der Waals surface area contributed by atoms with Crippen molar-refractivity contribution in [2.75, 3.05) is 0 Å². The van der Waals surface area contributed by atoms with Crippen LogP contribution in [0.1, 0.15) is 90.4 Å². The Labute approximate surface area is 134 Å². The predicted octanol–water partition coefficient (Wildman–Crippen LogP) is 4.76. The van der Waals surface area contributed by atoms with Crippen molar-refractivity contribution in [2.24, 2.45) is 5.16 Å². The van der Waals surface area contributed by atoms with E-state index in [4.69, 9.17) is 9.57 Å². The average molecular weight is 309 g/mol. The predicted molar refractivity (Wildman–Crippen MR) is 87.9 cm³/mol. The van der Waals surface area contributed by atoms with E-state index in [1.807, 2.05) is 0 Å². The first-order chi connectivity index (χ1) is 10.8. The first kappa shape index (κ1) is 17.3. The molecule has 1 saturated heterocycles. The first-order valence-corrected chi connectivity index (χ1v) is 9.19. The van der Waals surface area contributed by atoms with E-state index in [0.29, 0.717) is 6.42 Å². The summed E-state index contributed by atoms with van der Waals surface area (Å²) in [5.41, 5.74) is 1.26. The van der Waals surface area contributed by atoms with Gasteiger partial charge in [-0.25, -0.2) is 0 Å². The Hall–Kier alpha value is -1.06. The second-order valence-electron chi connectivity index (χ2n) is 6.69. The van der Waals surface area contributed by atoms with Gasteiger partial charge in [-0.3, -0.25) is 4.79 Å². The molecule has 1 fully saturated rings. The molecule has 22 heavy (non-hydrogen) atoms. The van der Waals surface area contributed by atoms with Gasteiger partial charge >= 0.3 is 5.97 Å². The zero-order valence-electron chi connectivity index (χ0n) is 14.0. The number of ether oxygens (including phenoxy) is 1. The maximum absolute atomic E-state index is 11.0. The Morgan fingerprint density at radius 1 is 1.05 bits per heavy atom. The van der Waals surface area contributed by atoms with Gasteiger partial charge in [0, 0.05) is 12.8 Å². The molecular weight excluding hydrogens is 278 g/mol. The molecule has 0 amide bonds. The number of rotatable bonds is 11. The molecule has 2 unspecified atom stereocenters. The zero-order valence-corrected chi connectivity index (χ0v) is 14.0. The van der Waals surface area contributed by atoms with Crippen LogP contribution in [0, 0.1) is 0 Å². The molecule has 0 radical (unpaired) electrons. The highest BCUT2D eigenvalue weighted by molar-refractivity contribution is 5.85. The molecule has 2 rings (SSSR count). The number of hydrogen-bond donors (Lipinski definition) is 0. The molecule has 0 bridgehead atoms. The molecule has 2 atom stereocenters. The van der Waals surface area contributed by atoms with Gasteiger partial charge in [0.05, 0.1) is 5.71 Å². The molecule has 0 aromatic rings.